The Balaban J connectivity index is 2.89. The summed E-state index contributed by atoms with van der Waals surface area (Å²) >= 11 is 8.00. The molecule has 0 spiro atoms. The lowest BCUT2D eigenvalue weighted by molar-refractivity contribution is -0.121. The molecule has 0 saturated carbocycles. The Morgan fingerprint density at radius 3 is 2.63 bits per heavy atom. The zero-order valence-electron chi connectivity index (χ0n) is 10.9. The summed E-state index contributed by atoms with van der Waals surface area (Å²) in [4.78, 5) is 25.4. The molecule has 0 radical (unpaired) electrons. The van der Waals surface area contributed by atoms with Crippen molar-refractivity contribution in [3.05, 3.63) is 32.4 Å². The molecular formula is C13H16ClIN2O2. The SMILES string of the molecule is CCNC(=O)CN(CC)C(=O)c1cc(Cl)ccc1I. The van der Waals surface area contributed by atoms with Crippen molar-refractivity contribution in [1.82, 2.24) is 10.2 Å². The number of carbonyl (C=O) groups excluding carboxylic acids is 2. The average molecular weight is 395 g/mol. The van der Waals surface area contributed by atoms with Gasteiger partial charge in [0, 0.05) is 21.7 Å². The number of rotatable bonds is 5. The van der Waals surface area contributed by atoms with E-state index in [-0.39, 0.29) is 18.4 Å². The summed E-state index contributed by atoms with van der Waals surface area (Å²) in [6, 6.07) is 5.16. The Bertz CT molecular complexity index is 480. The minimum atomic E-state index is -0.180. The molecule has 6 heteroatoms. The van der Waals surface area contributed by atoms with Crippen molar-refractivity contribution in [2.45, 2.75) is 13.8 Å². The minimum Gasteiger partial charge on any atom is -0.355 e. The fourth-order valence-corrected chi connectivity index (χ4v) is 2.32. The monoisotopic (exact) mass is 394 g/mol. The molecule has 0 fully saturated rings. The average Bonchev–Trinajstić information content (AvgIpc) is 2.38. The molecule has 0 aliphatic carbocycles. The summed E-state index contributed by atoms with van der Waals surface area (Å²) < 4.78 is 0.821. The van der Waals surface area contributed by atoms with Crippen molar-refractivity contribution >= 4 is 46.0 Å². The highest BCUT2D eigenvalue weighted by atomic mass is 127. The van der Waals surface area contributed by atoms with Crippen LogP contribution < -0.4 is 5.32 Å². The molecule has 0 aliphatic rings. The maximum atomic E-state index is 12.4. The largest absolute Gasteiger partial charge is 0.355 e. The first-order valence-corrected chi connectivity index (χ1v) is 7.46. The van der Waals surface area contributed by atoms with Crippen LogP contribution in [0.3, 0.4) is 0 Å². The standard InChI is InChI=1S/C13H16ClIN2O2/c1-3-16-12(18)8-17(4-2)13(19)10-7-9(14)5-6-11(10)15/h5-7H,3-4,8H2,1-2H3,(H,16,18). The van der Waals surface area contributed by atoms with Crippen molar-refractivity contribution in [3.8, 4) is 0 Å². The summed E-state index contributed by atoms with van der Waals surface area (Å²) in [7, 11) is 0. The highest BCUT2D eigenvalue weighted by molar-refractivity contribution is 14.1. The highest BCUT2D eigenvalue weighted by Crippen LogP contribution is 2.19. The lowest BCUT2D eigenvalue weighted by Crippen LogP contribution is -2.40. The topological polar surface area (TPSA) is 49.4 Å². The van der Waals surface area contributed by atoms with Gasteiger partial charge in [-0.2, -0.15) is 0 Å². The van der Waals surface area contributed by atoms with E-state index in [4.69, 9.17) is 11.6 Å². The van der Waals surface area contributed by atoms with Gasteiger partial charge < -0.3 is 10.2 Å². The van der Waals surface area contributed by atoms with Crippen LogP contribution in [0.2, 0.25) is 5.02 Å². The van der Waals surface area contributed by atoms with Gasteiger partial charge in [-0.05, 0) is 54.6 Å². The minimum absolute atomic E-state index is 0.0613. The molecule has 0 saturated heterocycles. The van der Waals surface area contributed by atoms with Crippen LogP contribution in [0, 0.1) is 3.57 Å². The second-order valence-electron chi connectivity index (χ2n) is 3.90. The van der Waals surface area contributed by atoms with Crippen LogP contribution in [0.4, 0.5) is 0 Å². The van der Waals surface area contributed by atoms with Gasteiger partial charge >= 0.3 is 0 Å². The first kappa shape index (κ1) is 16.2. The third kappa shape index (κ3) is 4.65. The summed E-state index contributed by atoms with van der Waals surface area (Å²) in [5, 5.41) is 3.19. The van der Waals surface area contributed by atoms with E-state index >= 15 is 0 Å². The molecule has 1 rings (SSSR count). The second kappa shape index (κ2) is 7.69. The normalized spacial score (nSPS) is 10.1. The predicted octanol–water partition coefficient (Wildman–Crippen LogP) is 2.54. The second-order valence-corrected chi connectivity index (χ2v) is 5.50. The molecule has 0 unspecified atom stereocenters. The van der Waals surface area contributed by atoms with E-state index in [1.54, 1.807) is 18.2 Å². The van der Waals surface area contributed by atoms with Gasteiger partial charge in [0.1, 0.15) is 0 Å². The van der Waals surface area contributed by atoms with E-state index in [9.17, 15) is 9.59 Å². The van der Waals surface area contributed by atoms with Gasteiger partial charge in [0.05, 0.1) is 12.1 Å². The molecule has 0 heterocycles. The predicted molar refractivity (Wildman–Crippen MR) is 84.4 cm³/mol. The molecule has 2 amide bonds. The molecule has 104 valence electrons. The van der Waals surface area contributed by atoms with Crippen LogP contribution in [-0.2, 0) is 4.79 Å². The fraction of sp³-hybridized carbons (Fsp3) is 0.385. The molecule has 4 nitrogen and oxygen atoms in total. The number of hydrogen-bond donors (Lipinski definition) is 1. The third-order valence-corrected chi connectivity index (χ3v) is 3.71. The number of halogens is 2. The van der Waals surface area contributed by atoms with Crippen molar-refractivity contribution in [2.75, 3.05) is 19.6 Å². The Morgan fingerprint density at radius 1 is 1.37 bits per heavy atom. The van der Waals surface area contributed by atoms with Crippen LogP contribution >= 0.6 is 34.2 Å². The molecule has 0 aromatic heterocycles. The van der Waals surface area contributed by atoms with E-state index in [0.717, 1.165) is 3.57 Å². The van der Waals surface area contributed by atoms with Gasteiger partial charge in [-0.1, -0.05) is 11.6 Å². The Kier molecular flexibility index (Phi) is 6.57. The maximum absolute atomic E-state index is 12.4. The fourth-order valence-electron chi connectivity index (χ4n) is 1.59. The lowest BCUT2D eigenvalue weighted by Gasteiger charge is -2.21. The van der Waals surface area contributed by atoms with Crippen molar-refractivity contribution in [3.63, 3.8) is 0 Å². The highest BCUT2D eigenvalue weighted by Gasteiger charge is 2.19. The van der Waals surface area contributed by atoms with Crippen LogP contribution in [0.1, 0.15) is 24.2 Å². The number of benzene rings is 1. The number of likely N-dealkylation sites (N-methyl/N-ethyl adjacent to an activating group) is 2. The van der Waals surface area contributed by atoms with Gasteiger partial charge in [-0.25, -0.2) is 0 Å². The number of nitrogens with one attached hydrogen (secondary N) is 1. The molecule has 0 bridgehead atoms. The maximum Gasteiger partial charge on any atom is 0.255 e. The Hall–Kier alpha value is -0.820. The molecule has 19 heavy (non-hydrogen) atoms. The number of nitrogens with zero attached hydrogens (tertiary/aromatic N) is 1. The first-order valence-electron chi connectivity index (χ1n) is 6.00. The van der Waals surface area contributed by atoms with Gasteiger partial charge in [0.25, 0.3) is 5.91 Å². The molecule has 1 aromatic carbocycles. The van der Waals surface area contributed by atoms with Gasteiger partial charge in [0.2, 0.25) is 5.91 Å². The van der Waals surface area contributed by atoms with Gasteiger partial charge in [-0.15, -0.1) is 0 Å². The zero-order valence-corrected chi connectivity index (χ0v) is 13.8. The van der Waals surface area contributed by atoms with Crippen LogP contribution in [-0.4, -0.2) is 36.3 Å². The quantitative estimate of drug-likeness (QED) is 0.780. The van der Waals surface area contributed by atoms with Crippen molar-refractivity contribution < 1.29 is 9.59 Å². The number of amides is 2. The third-order valence-electron chi connectivity index (χ3n) is 2.54. The number of carbonyl (C=O) groups is 2. The van der Waals surface area contributed by atoms with E-state index in [2.05, 4.69) is 27.9 Å². The summed E-state index contributed by atoms with van der Waals surface area (Å²) in [5.74, 6) is -0.338. The number of hydrogen-bond acceptors (Lipinski definition) is 2. The van der Waals surface area contributed by atoms with Crippen molar-refractivity contribution in [2.24, 2.45) is 0 Å². The lowest BCUT2D eigenvalue weighted by atomic mass is 10.2. The molecule has 0 aliphatic heterocycles. The summed E-state index contributed by atoms with van der Waals surface area (Å²) in [5.41, 5.74) is 0.527. The molecule has 0 atom stereocenters. The smallest absolute Gasteiger partial charge is 0.255 e. The molecule has 1 N–H and O–H groups in total. The van der Waals surface area contributed by atoms with Crippen LogP contribution in [0.15, 0.2) is 18.2 Å². The summed E-state index contributed by atoms with van der Waals surface area (Å²) in [6.45, 7) is 4.77. The summed E-state index contributed by atoms with van der Waals surface area (Å²) in [6.07, 6.45) is 0. The van der Waals surface area contributed by atoms with Gasteiger partial charge in [-0.3, -0.25) is 9.59 Å². The van der Waals surface area contributed by atoms with E-state index < -0.39 is 0 Å². The zero-order chi connectivity index (χ0) is 14.4. The van der Waals surface area contributed by atoms with E-state index in [1.807, 2.05) is 13.8 Å². The van der Waals surface area contributed by atoms with Crippen LogP contribution in [0.25, 0.3) is 0 Å². The first-order chi connectivity index (χ1) is 8.99. The van der Waals surface area contributed by atoms with Gasteiger partial charge in [0.15, 0.2) is 0 Å². The van der Waals surface area contributed by atoms with Crippen LogP contribution in [0.5, 0.6) is 0 Å². The molecular weight excluding hydrogens is 379 g/mol. The molecule has 1 aromatic rings. The Morgan fingerprint density at radius 2 is 2.05 bits per heavy atom. The Labute approximate surface area is 131 Å². The van der Waals surface area contributed by atoms with E-state index in [0.29, 0.717) is 23.7 Å². The van der Waals surface area contributed by atoms with Crippen molar-refractivity contribution in [1.29, 1.82) is 0 Å². The van der Waals surface area contributed by atoms with E-state index in [1.165, 1.54) is 4.90 Å².